The van der Waals surface area contributed by atoms with Gasteiger partial charge in [0.2, 0.25) is 5.91 Å². The van der Waals surface area contributed by atoms with Gasteiger partial charge in [0.15, 0.2) is 0 Å². The number of likely N-dealkylation sites (N-methyl/N-ethyl adjacent to an activating group) is 1. The van der Waals surface area contributed by atoms with Crippen LogP contribution in [0.3, 0.4) is 0 Å². The van der Waals surface area contributed by atoms with E-state index >= 15 is 0 Å². The number of hydrogen-bond donors (Lipinski definition) is 0. The molecule has 2 unspecified atom stereocenters. The highest BCUT2D eigenvalue weighted by atomic mass is 16.2. The van der Waals surface area contributed by atoms with Gasteiger partial charge in [0, 0.05) is 38.3 Å². The summed E-state index contributed by atoms with van der Waals surface area (Å²) in [6, 6.07) is 10.9. The van der Waals surface area contributed by atoms with Crippen LogP contribution in [-0.4, -0.2) is 73.0 Å². The third-order valence-electron chi connectivity index (χ3n) is 4.46. The van der Waals surface area contributed by atoms with Gasteiger partial charge in [-0.1, -0.05) is 30.3 Å². The van der Waals surface area contributed by atoms with Crippen molar-refractivity contribution in [3.05, 3.63) is 35.9 Å². The van der Waals surface area contributed by atoms with Crippen LogP contribution in [0.5, 0.6) is 0 Å². The molecule has 1 aromatic carbocycles. The van der Waals surface area contributed by atoms with E-state index in [-0.39, 0.29) is 5.91 Å². The van der Waals surface area contributed by atoms with Gasteiger partial charge in [-0.3, -0.25) is 9.69 Å². The average molecular weight is 303 g/mol. The molecule has 2 rings (SSSR count). The third kappa shape index (κ3) is 4.55. The van der Waals surface area contributed by atoms with Crippen LogP contribution >= 0.6 is 0 Å². The summed E-state index contributed by atoms with van der Waals surface area (Å²) >= 11 is 0. The van der Waals surface area contributed by atoms with E-state index in [0.29, 0.717) is 18.5 Å². The number of amides is 1. The Morgan fingerprint density at radius 2 is 1.73 bits per heavy atom. The van der Waals surface area contributed by atoms with Gasteiger partial charge in [-0.25, -0.2) is 0 Å². The summed E-state index contributed by atoms with van der Waals surface area (Å²) in [7, 11) is 4.21. The highest BCUT2D eigenvalue weighted by Crippen LogP contribution is 2.16. The Hall–Kier alpha value is -1.39. The number of hydrogen-bond acceptors (Lipinski definition) is 3. The molecule has 0 bridgehead atoms. The van der Waals surface area contributed by atoms with Crippen molar-refractivity contribution in [3.8, 4) is 0 Å². The SMILES string of the molecule is CC1CN(C(=O)Cc2ccccc2)CC(C)N1CCN(C)C. The van der Waals surface area contributed by atoms with Crippen molar-refractivity contribution in [3.63, 3.8) is 0 Å². The van der Waals surface area contributed by atoms with Gasteiger partial charge in [0.25, 0.3) is 0 Å². The van der Waals surface area contributed by atoms with Crippen molar-refractivity contribution in [1.82, 2.24) is 14.7 Å². The van der Waals surface area contributed by atoms with Gasteiger partial charge in [0.1, 0.15) is 0 Å². The van der Waals surface area contributed by atoms with E-state index in [4.69, 9.17) is 0 Å². The molecule has 4 nitrogen and oxygen atoms in total. The Balaban J connectivity index is 1.91. The van der Waals surface area contributed by atoms with Crippen LogP contribution in [0.2, 0.25) is 0 Å². The maximum Gasteiger partial charge on any atom is 0.227 e. The Morgan fingerprint density at radius 1 is 1.14 bits per heavy atom. The Kier molecular flexibility index (Phi) is 5.98. The molecule has 1 heterocycles. The smallest absolute Gasteiger partial charge is 0.227 e. The van der Waals surface area contributed by atoms with Crippen LogP contribution < -0.4 is 0 Å². The van der Waals surface area contributed by atoms with E-state index in [1.807, 2.05) is 35.2 Å². The Bertz CT molecular complexity index is 462. The summed E-state index contributed by atoms with van der Waals surface area (Å²) in [5.41, 5.74) is 1.10. The van der Waals surface area contributed by atoms with Crippen LogP contribution in [-0.2, 0) is 11.2 Å². The highest BCUT2D eigenvalue weighted by molar-refractivity contribution is 5.79. The van der Waals surface area contributed by atoms with Crippen LogP contribution in [0.15, 0.2) is 30.3 Å². The topological polar surface area (TPSA) is 26.8 Å². The lowest BCUT2D eigenvalue weighted by atomic mass is 10.1. The summed E-state index contributed by atoms with van der Waals surface area (Å²) in [5.74, 6) is 0.247. The normalized spacial score (nSPS) is 23.0. The van der Waals surface area contributed by atoms with Crippen LogP contribution in [0.4, 0.5) is 0 Å². The molecule has 1 saturated heterocycles. The zero-order valence-electron chi connectivity index (χ0n) is 14.3. The first kappa shape index (κ1) is 17.0. The molecule has 122 valence electrons. The van der Waals surface area contributed by atoms with Crippen LogP contribution in [0.1, 0.15) is 19.4 Å². The maximum absolute atomic E-state index is 12.5. The summed E-state index contributed by atoms with van der Waals surface area (Å²) in [6.45, 7) is 8.26. The van der Waals surface area contributed by atoms with Crippen LogP contribution in [0, 0.1) is 0 Å². The summed E-state index contributed by atoms with van der Waals surface area (Å²) in [6.07, 6.45) is 0.512. The molecule has 0 aromatic heterocycles. The molecular weight excluding hydrogens is 274 g/mol. The standard InChI is InChI=1S/C18H29N3O/c1-15-13-20(14-16(2)21(15)11-10-19(3)4)18(22)12-17-8-6-5-7-9-17/h5-9,15-16H,10-14H2,1-4H3. The molecular formula is C18H29N3O. The second-order valence-corrected chi connectivity index (χ2v) is 6.70. The van der Waals surface area contributed by atoms with Gasteiger partial charge in [-0.05, 0) is 33.5 Å². The number of nitrogens with zero attached hydrogens (tertiary/aromatic N) is 3. The lowest BCUT2D eigenvalue weighted by Crippen LogP contribution is -2.59. The molecule has 1 aromatic rings. The van der Waals surface area contributed by atoms with Crippen molar-refractivity contribution in [2.45, 2.75) is 32.4 Å². The predicted octanol–water partition coefficient (Wildman–Crippen LogP) is 1.71. The number of carbonyl (C=O) groups excluding carboxylic acids is 1. The van der Waals surface area contributed by atoms with Crippen molar-refractivity contribution in [1.29, 1.82) is 0 Å². The summed E-state index contributed by atoms with van der Waals surface area (Å²) in [5, 5.41) is 0. The number of carbonyl (C=O) groups is 1. The third-order valence-corrected chi connectivity index (χ3v) is 4.46. The molecule has 2 atom stereocenters. The lowest BCUT2D eigenvalue weighted by molar-refractivity contribution is -0.134. The lowest BCUT2D eigenvalue weighted by Gasteiger charge is -2.44. The van der Waals surface area contributed by atoms with Gasteiger partial charge in [0.05, 0.1) is 6.42 Å². The minimum Gasteiger partial charge on any atom is -0.339 e. The van der Waals surface area contributed by atoms with Gasteiger partial charge >= 0.3 is 0 Å². The quantitative estimate of drug-likeness (QED) is 0.828. The predicted molar refractivity (Wildman–Crippen MR) is 90.9 cm³/mol. The number of rotatable bonds is 5. The highest BCUT2D eigenvalue weighted by Gasteiger charge is 2.31. The molecule has 1 fully saturated rings. The fourth-order valence-electron chi connectivity index (χ4n) is 3.20. The van der Waals surface area contributed by atoms with E-state index in [1.165, 1.54) is 0 Å². The van der Waals surface area contributed by atoms with E-state index in [2.05, 4.69) is 37.7 Å². The largest absolute Gasteiger partial charge is 0.339 e. The van der Waals surface area contributed by atoms with Gasteiger partial charge in [-0.2, -0.15) is 0 Å². The van der Waals surface area contributed by atoms with Crippen molar-refractivity contribution in [2.24, 2.45) is 0 Å². The fraction of sp³-hybridized carbons (Fsp3) is 0.611. The molecule has 0 aliphatic carbocycles. The first-order valence-corrected chi connectivity index (χ1v) is 8.19. The second kappa shape index (κ2) is 7.75. The van der Waals surface area contributed by atoms with E-state index in [9.17, 15) is 4.79 Å². The first-order chi connectivity index (χ1) is 10.5. The molecule has 1 aliphatic heterocycles. The maximum atomic E-state index is 12.5. The minimum atomic E-state index is 0.247. The van der Waals surface area contributed by atoms with Crippen LogP contribution in [0.25, 0.3) is 0 Å². The van der Waals surface area contributed by atoms with E-state index < -0.39 is 0 Å². The van der Waals surface area contributed by atoms with Gasteiger partial charge in [-0.15, -0.1) is 0 Å². The Morgan fingerprint density at radius 3 is 2.27 bits per heavy atom. The molecule has 0 N–H and O–H groups in total. The summed E-state index contributed by atoms with van der Waals surface area (Å²) < 4.78 is 0. The minimum absolute atomic E-state index is 0.247. The van der Waals surface area contributed by atoms with E-state index in [1.54, 1.807) is 0 Å². The fourth-order valence-corrected chi connectivity index (χ4v) is 3.20. The molecule has 1 amide bonds. The van der Waals surface area contributed by atoms with Crippen molar-refractivity contribution < 1.29 is 4.79 Å². The number of benzene rings is 1. The molecule has 1 aliphatic rings. The van der Waals surface area contributed by atoms with Crippen molar-refractivity contribution >= 4 is 5.91 Å². The molecule has 4 heteroatoms. The monoisotopic (exact) mass is 303 g/mol. The molecule has 0 radical (unpaired) electrons. The molecule has 22 heavy (non-hydrogen) atoms. The number of piperazine rings is 1. The summed E-state index contributed by atoms with van der Waals surface area (Å²) in [4.78, 5) is 19.3. The van der Waals surface area contributed by atoms with E-state index in [0.717, 1.165) is 31.7 Å². The average Bonchev–Trinajstić information content (AvgIpc) is 2.47. The molecule has 0 spiro atoms. The van der Waals surface area contributed by atoms with Crippen molar-refractivity contribution in [2.75, 3.05) is 40.3 Å². The zero-order valence-corrected chi connectivity index (χ0v) is 14.3. The second-order valence-electron chi connectivity index (χ2n) is 6.70. The zero-order chi connectivity index (χ0) is 16.1. The Labute approximate surface area is 134 Å². The first-order valence-electron chi connectivity index (χ1n) is 8.19. The molecule has 0 saturated carbocycles. The van der Waals surface area contributed by atoms with Gasteiger partial charge < -0.3 is 9.80 Å².